The molecule has 0 heterocycles. The largest absolute Gasteiger partial charge is 0.497 e. The van der Waals surface area contributed by atoms with Crippen molar-refractivity contribution in [2.45, 2.75) is 12.3 Å². The van der Waals surface area contributed by atoms with Gasteiger partial charge < -0.3 is 9.57 Å². The molecule has 0 aliphatic heterocycles. The zero-order chi connectivity index (χ0) is 22.0. The SMILES string of the molecule is COc1ccc(C(=NOC(=O)c2ccc(F)cc2F)C2CC2c2ccc(Cl)cc2)cc1. The van der Waals surface area contributed by atoms with Gasteiger partial charge in [0.25, 0.3) is 0 Å². The van der Waals surface area contributed by atoms with Crippen LogP contribution in [0.15, 0.2) is 71.9 Å². The van der Waals surface area contributed by atoms with Crippen molar-refractivity contribution >= 4 is 23.3 Å². The number of oxime groups is 1. The Balaban J connectivity index is 1.60. The summed E-state index contributed by atoms with van der Waals surface area (Å²) in [5.41, 5.74) is 2.05. The van der Waals surface area contributed by atoms with E-state index in [1.54, 1.807) is 19.2 Å². The van der Waals surface area contributed by atoms with Gasteiger partial charge in [-0.15, -0.1) is 0 Å². The number of benzene rings is 3. The molecule has 31 heavy (non-hydrogen) atoms. The van der Waals surface area contributed by atoms with Gasteiger partial charge in [0, 0.05) is 17.0 Å². The predicted octanol–water partition coefficient (Wildman–Crippen LogP) is 5.99. The van der Waals surface area contributed by atoms with E-state index >= 15 is 0 Å². The molecule has 2 unspecified atom stereocenters. The lowest BCUT2D eigenvalue weighted by Crippen LogP contribution is -2.10. The highest BCUT2D eigenvalue weighted by Crippen LogP contribution is 2.49. The Morgan fingerprint density at radius 1 is 1.03 bits per heavy atom. The van der Waals surface area contributed by atoms with Crippen LogP contribution in [0.5, 0.6) is 5.75 Å². The molecular formula is C24H18ClF2NO3. The monoisotopic (exact) mass is 441 g/mol. The summed E-state index contributed by atoms with van der Waals surface area (Å²) in [4.78, 5) is 17.4. The number of methoxy groups -OCH3 is 1. The lowest BCUT2D eigenvalue weighted by atomic mass is 10.0. The van der Waals surface area contributed by atoms with Crippen LogP contribution in [0.4, 0.5) is 8.78 Å². The van der Waals surface area contributed by atoms with Crippen molar-refractivity contribution in [3.8, 4) is 5.75 Å². The molecule has 1 saturated carbocycles. The van der Waals surface area contributed by atoms with Crippen LogP contribution in [0, 0.1) is 17.6 Å². The number of ether oxygens (including phenoxy) is 1. The van der Waals surface area contributed by atoms with E-state index in [0.717, 1.165) is 29.7 Å². The first-order chi connectivity index (χ1) is 15.0. The van der Waals surface area contributed by atoms with Gasteiger partial charge in [-0.3, -0.25) is 0 Å². The summed E-state index contributed by atoms with van der Waals surface area (Å²) >= 11 is 5.98. The van der Waals surface area contributed by atoms with E-state index in [0.29, 0.717) is 22.6 Å². The fraction of sp³-hybridized carbons (Fsp3) is 0.167. The molecule has 3 aromatic carbocycles. The molecule has 7 heteroatoms. The second kappa shape index (κ2) is 8.86. The van der Waals surface area contributed by atoms with Crippen molar-refractivity contribution in [2.75, 3.05) is 7.11 Å². The molecule has 0 N–H and O–H groups in total. The quantitative estimate of drug-likeness (QED) is 0.268. The average Bonchev–Trinajstić information content (AvgIpc) is 3.55. The van der Waals surface area contributed by atoms with Crippen LogP contribution in [-0.2, 0) is 4.84 Å². The van der Waals surface area contributed by atoms with Gasteiger partial charge in [0.1, 0.15) is 17.4 Å². The molecule has 4 nitrogen and oxygen atoms in total. The number of hydrogen-bond acceptors (Lipinski definition) is 4. The standard InChI is InChI=1S/C24H18ClF2NO3/c1-30-18-9-4-15(5-10-18)23(21-13-20(21)14-2-6-16(25)7-3-14)28-31-24(29)19-11-8-17(26)12-22(19)27/h2-12,20-21H,13H2,1H3. The van der Waals surface area contributed by atoms with Gasteiger partial charge in [0.05, 0.1) is 18.4 Å². The van der Waals surface area contributed by atoms with E-state index in [4.69, 9.17) is 21.2 Å². The predicted molar refractivity (Wildman–Crippen MR) is 114 cm³/mol. The van der Waals surface area contributed by atoms with Crippen LogP contribution in [0.3, 0.4) is 0 Å². The summed E-state index contributed by atoms with van der Waals surface area (Å²) in [5, 5.41) is 4.74. The Labute approximate surface area is 183 Å². The first-order valence-corrected chi connectivity index (χ1v) is 9.98. The van der Waals surface area contributed by atoms with Gasteiger partial charge in [-0.05, 0) is 72.0 Å². The van der Waals surface area contributed by atoms with Crippen LogP contribution in [0.1, 0.15) is 33.8 Å². The lowest BCUT2D eigenvalue weighted by Gasteiger charge is -2.08. The lowest BCUT2D eigenvalue weighted by molar-refractivity contribution is 0.0510. The van der Waals surface area contributed by atoms with Gasteiger partial charge in [0.15, 0.2) is 0 Å². The second-order valence-electron chi connectivity index (χ2n) is 7.21. The smallest absolute Gasteiger partial charge is 0.368 e. The summed E-state index contributed by atoms with van der Waals surface area (Å²) in [7, 11) is 1.57. The summed E-state index contributed by atoms with van der Waals surface area (Å²) in [6.07, 6.45) is 0.814. The highest BCUT2D eigenvalue weighted by molar-refractivity contribution is 6.30. The van der Waals surface area contributed by atoms with E-state index in [9.17, 15) is 13.6 Å². The Morgan fingerprint density at radius 2 is 1.74 bits per heavy atom. The van der Waals surface area contributed by atoms with Crippen molar-refractivity contribution in [1.82, 2.24) is 0 Å². The first kappa shape index (κ1) is 21.0. The molecule has 0 amide bonds. The second-order valence-corrected chi connectivity index (χ2v) is 7.64. The minimum atomic E-state index is -1.00. The molecule has 0 bridgehead atoms. The molecule has 1 aliphatic carbocycles. The topological polar surface area (TPSA) is 47.9 Å². The maximum absolute atomic E-state index is 13.9. The summed E-state index contributed by atoms with van der Waals surface area (Å²) in [5.74, 6) is -1.89. The minimum absolute atomic E-state index is 0.0143. The van der Waals surface area contributed by atoms with E-state index < -0.39 is 17.6 Å². The molecule has 0 aromatic heterocycles. The average molecular weight is 442 g/mol. The van der Waals surface area contributed by atoms with Gasteiger partial charge in [-0.2, -0.15) is 0 Å². The van der Waals surface area contributed by atoms with Crippen LogP contribution in [0.2, 0.25) is 5.02 Å². The zero-order valence-electron chi connectivity index (χ0n) is 16.5. The van der Waals surface area contributed by atoms with Crippen LogP contribution >= 0.6 is 11.6 Å². The van der Waals surface area contributed by atoms with Crippen LogP contribution in [0.25, 0.3) is 0 Å². The molecule has 0 radical (unpaired) electrons. The highest BCUT2D eigenvalue weighted by atomic mass is 35.5. The first-order valence-electron chi connectivity index (χ1n) is 9.60. The van der Waals surface area contributed by atoms with E-state index in [2.05, 4.69) is 5.16 Å². The summed E-state index contributed by atoms with van der Waals surface area (Å²) in [6.45, 7) is 0. The molecule has 3 aromatic rings. The Bertz CT molecular complexity index is 1130. The van der Waals surface area contributed by atoms with Gasteiger partial charge >= 0.3 is 5.97 Å². The van der Waals surface area contributed by atoms with Crippen LogP contribution in [-0.4, -0.2) is 18.8 Å². The molecule has 1 fully saturated rings. The highest BCUT2D eigenvalue weighted by Gasteiger charge is 2.43. The summed E-state index contributed by atoms with van der Waals surface area (Å²) < 4.78 is 32.2. The normalized spacial score (nSPS) is 17.9. The Kier molecular flexibility index (Phi) is 6.00. The third-order valence-corrected chi connectivity index (χ3v) is 5.46. The number of hydrogen-bond donors (Lipinski definition) is 0. The number of nitrogens with zero attached hydrogens (tertiary/aromatic N) is 1. The minimum Gasteiger partial charge on any atom is -0.497 e. The Hall–Kier alpha value is -3.25. The fourth-order valence-corrected chi connectivity index (χ4v) is 3.59. The molecule has 0 spiro atoms. The van der Waals surface area contributed by atoms with Crippen molar-refractivity contribution in [1.29, 1.82) is 0 Å². The fourth-order valence-electron chi connectivity index (χ4n) is 3.47. The van der Waals surface area contributed by atoms with Gasteiger partial charge in [-0.1, -0.05) is 28.9 Å². The maximum Gasteiger partial charge on any atom is 0.368 e. The van der Waals surface area contributed by atoms with Gasteiger partial charge in [0.2, 0.25) is 0 Å². The molecule has 1 aliphatic rings. The molecule has 0 saturated heterocycles. The van der Waals surface area contributed by atoms with Crippen molar-refractivity contribution < 1.29 is 23.1 Å². The van der Waals surface area contributed by atoms with Crippen LogP contribution < -0.4 is 4.74 Å². The molecule has 4 rings (SSSR count). The number of carbonyl (C=O) groups is 1. The van der Waals surface area contributed by atoms with E-state index in [1.165, 1.54) is 0 Å². The third-order valence-electron chi connectivity index (χ3n) is 5.20. The van der Waals surface area contributed by atoms with Crippen molar-refractivity contribution in [3.63, 3.8) is 0 Å². The van der Waals surface area contributed by atoms with E-state index in [-0.39, 0.29) is 17.4 Å². The number of rotatable bonds is 6. The maximum atomic E-state index is 13.9. The zero-order valence-corrected chi connectivity index (χ0v) is 17.3. The Morgan fingerprint density at radius 3 is 2.39 bits per heavy atom. The van der Waals surface area contributed by atoms with Crippen molar-refractivity contribution in [2.24, 2.45) is 11.1 Å². The molecule has 158 valence electrons. The van der Waals surface area contributed by atoms with Crippen molar-refractivity contribution in [3.05, 3.63) is 100 Å². The van der Waals surface area contributed by atoms with Gasteiger partial charge in [-0.25, -0.2) is 13.6 Å². The number of carbonyl (C=O) groups excluding carboxylic acids is 1. The molecule has 2 atom stereocenters. The molecular weight excluding hydrogens is 424 g/mol. The number of halogens is 3. The summed E-state index contributed by atoms with van der Waals surface area (Å²) in [6, 6.07) is 17.4. The third kappa shape index (κ3) is 4.75. The van der Waals surface area contributed by atoms with E-state index in [1.807, 2.05) is 36.4 Å².